The smallest absolute Gasteiger partial charge is 0.266 e. The number of hydrogen-bond donors (Lipinski definition) is 0. The second-order valence-corrected chi connectivity index (χ2v) is 5.79. The number of ether oxygens (including phenoxy) is 2. The van der Waals surface area contributed by atoms with Gasteiger partial charge in [0.15, 0.2) is 0 Å². The second kappa shape index (κ2) is 6.89. The van der Waals surface area contributed by atoms with Crippen LogP contribution in [0.5, 0.6) is 11.5 Å². The maximum absolute atomic E-state index is 12.5. The highest BCUT2D eigenvalue weighted by Gasteiger charge is 2.33. The van der Waals surface area contributed by atoms with Crippen LogP contribution in [-0.4, -0.2) is 49.9 Å². The van der Waals surface area contributed by atoms with Gasteiger partial charge in [-0.1, -0.05) is 5.16 Å². The van der Waals surface area contributed by atoms with Gasteiger partial charge < -0.3 is 19.2 Å². The molecular weight excluding hydrogens is 296 g/mol. The summed E-state index contributed by atoms with van der Waals surface area (Å²) in [6, 6.07) is 5.51. The molecule has 2 aliphatic heterocycles. The van der Waals surface area contributed by atoms with Crippen LogP contribution in [0.1, 0.15) is 31.2 Å². The van der Waals surface area contributed by atoms with E-state index in [2.05, 4.69) is 5.16 Å². The number of piperidine rings is 1. The number of carbonyl (C=O) groups excluding carboxylic acids is 1. The first-order valence-electron chi connectivity index (χ1n) is 7.97. The summed E-state index contributed by atoms with van der Waals surface area (Å²) >= 11 is 0. The van der Waals surface area contributed by atoms with Gasteiger partial charge in [0.25, 0.3) is 5.91 Å². The highest BCUT2D eigenvalue weighted by atomic mass is 16.6. The summed E-state index contributed by atoms with van der Waals surface area (Å²) in [5.41, 5.74) is 1.52. The Labute approximate surface area is 136 Å². The lowest BCUT2D eigenvalue weighted by Crippen LogP contribution is -2.42. The first-order valence-corrected chi connectivity index (χ1v) is 7.97. The van der Waals surface area contributed by atoms with Crippen molar-refractivity contribution in [3.63, 3.8) is 0 Å². The van der Waals surface area contributed by atoms with Crippen LogP contribution in [0.2, 0.25) is 0 Å². The Balaban J connectivity index is 1.73. The van der Waals surface area contributed by atoms with Gasteiger partial charge in [-0.25, -0.2) is 0 Å². The van der Waals surface area contributed by atoms with E-state index in [9.17, 15) is 4.79 Å². The summed E-state index contributed by atoms with van der Waals surface area (Å²) in [6.45, 7) is 1.63. The largest absolute Gasteiger partial charge is 0.497 e. The number of methoxy groups -OCH3 is 2. The Kier molecular flexibility index (Phi) is 4.69. The van der Waals surface area contributed by atoms with E-state index in [1.54, 1.807) is 14.2 Å². The number of rotatable bonds is 4. The third-order valence-electron chi connectivity index (χ3n) is 4.33. The molecule has 2 heterocycles. The molecule has 0 N–H and O–H groups in total. The molecule has 2 aliphatic rings. The van der Waals surface area contributed by atoms with E-state index >= 15 is 0 Å². The molecule has 6 nitrogen and oxygen atoms in total. The summed E-state index contributed by atoms with van der Waals surface area (Å²) in [5, 5.41) is 4.12. The van der Waals surface area contributed by atoms with E-state index in [0.717, 1.165) is 37.2 Å². The molecule has 1 unspecified atom stereocenters. The first-order chi connectivity index (χ1) is 11.2. The normalized spacial score (nSPS) is 20.7. The van der Waals surface area contributed by atoms with Crippen molar-refractivity contribution < 1.29 is 19.1 Å². The number of hydrogen-bond acceptors (Lipinski definition) is 5. The molecule has 1 atom stereocenters. The molecule has 1 fully saturated rings. The van der Waals surface area contributed by atoms with Gasteiger partial charge in [0.2, 0.25) is 6.10 Å². The van der Waals surface area contributed by atoms with Gasteiger partial charge >= 0.3 is 0 Å². The van der Waals surface area contributed by atoms with Crippen molar-refractivity contribution in [3.8, 4) is 11.5 Å². The van der Waals surface area contributed by atoms with Gasteiger partial charge in [0.05, 0.1) is 19.9 Å². The minimum atomic E-state index is -0.529. The van der Waals surface area contributed by atoms with Crippen molar-refractivity contribution in [1.29, 1.82) is 0 Å². The average molecular weight is 318 g/mol. The summed E-state index contributed by atoms with van der Waals surface area (Å²) < 4.78 is 10.6. The van der Waals surface area contributed by atoms with Crippen molar-refractivity contribution in [2.75, 3.05) is 27.3 Å². The molecule has 23 heavy (non-hydrogen) atoms. The lowest BCUT2D eigenvalue weighted by atomic mass is 10.0. The zero-order valence-electron chi connectivity index (χ0n) is 13.6. The van der Waals surface area contributed by atoms with E-state index in [1.165, 1.54) is 6.42 Å². The fourth-order valence-electron chi connectivity index (χ4n) is 3.03. The molecule has 6 heteroatoms. The maximum atomic E-state index is 12.5. The van der Waals surface area contributed by atoms with E-state index < -0.39 is 6.10 Å². The van der Waals surface area contributed by atoms with Gasteiger partial charge in [-0.05, 0) is 37.5 Å². The third-order valence-corrected chi connectivity index (χ3v) is 4.33. The molecule has 0 bridgehead atoms. The zero-order valence-corrected chi connectivity index (χ0v) is 13.6. The van der Waals surface area contributed by atoms with Crippen LogP contribution in [0.25, 0.3) is 0 Å². The Morgan fingerprint density at radius 1 is 1.22 bits per heavy atom. The lowest BCUT2D eigenvalue weighted by Gasteiger charge is -2.28. The van der Waals surface area contributed by atoms with E-state index in [-0.39, 0.29) is 5.91 Å². The molecule has 1 aromatic rings. The molecule has 0 radical (unpaired) electrons. The molecule has 0 aliphatic carbocycles. The summed E-state index contributed by atoms with van der Waals surface area (Å²) in [4.78, 5) is 19.8. The molecule has 1 aromatic carbocycles. The number of oxime groups is 1. The Morgan fingerprint density at radius 3 is 2.70 bits per heavy atom. The topological polar surface area (TPSA) is 60.4 Å². The number of carbonyl (C=O) groups is 1. The van der Waals surface area contributed by atoms with Crippen LogP contribution < -0.4 is 9.47 Å². The minimum Gasteiger partial charge on any atom is -0.497 e. The molecule has 3 rings (SSSR count). The number of likely N-dealkylation sites (tertiary alicyclic amines) is 1. The molecule has 124 valence electrons. The highest BCUT2D eigenvalue weighted by molar-refractivity contribution is 6.06. The summed E-state index contributed by atoms with van der Waals surface area (Å²) in [6.07, 6.45) is 3.25. The van der Waals surface area contributed by atoms with Crippen LogP contribution in [0, 0.1) is 0 Å². The molecule has 0 saturated carbocycles. The first kappa shape index (κ1) is 15.6. The van der Waals surface area contributed by atoms with Crippen molar-refractivity contribution in [3.05, 3.63) is 23.8 Å². The molecular formula is C17H22N2O4. The van der Waals surface area contributed by atoms with Crippen molar-refractivity contribution in [2.45, 2.75) is 31.8 Å². The van der Waals surface area contributed by atoms with E-state index in [0.29, 0.717) is 17.9 Å². The van der Waals surface area contributed by atoms with Crippen molar-refractivity contribution in [1.82, 2.24) is 4.90 Å². The van der Waals surface area contributed by atoms with Gasteiger partial charge in [0, 0.05) is 25.1 Å². The summed E-state index contributed by atoms with van der Waals surface area (Å²) in [7, 11) is 3.22. The van der Waals surface area contributed by atoms with Crippen LogP contribution in [0.3, 0.4) is 0 Å². The third kappa shape index (κ3) is 3.25. The number of nitrogens with zero attached hydrogens (tertiary/aromatic N) is 2. The Morgan fingerprint density at radius 2 is 2.00 bits per heavy atom. The van der Waals surface area contributed by atoms with Crippen LogP contribution in [0.4, 0.5) is 0 Å². The van der Waals surface area contributed by atoms with Crippen LogP contribution in [0.15, 0.2) is 23.4 Å². The van der Waals surface area contributed by atoms with Gasteiger partial charge in [0.1, 0.15) is 11.5 Å². The molecule has 0 aromatic heterocycles. The number of amides is 1. The lowest BCUT2D eigenvalue weighted by molar-refractivity contribution is -0.143. The zero-order chi connectivity index (χ0) is 16.2. The Bertz CT molecular complexity index is 609. The van der Waals surface area contributed by atoms with Gasteiger partial charge in [-0.15, -0.1) is 0 Å². The van der Waals surface area contributed by atoms with E-state index in [1.807, 2.05) is 23.1 Å². The van der Waals surface area contributed by atoms with Crippen LogP contribution >= 0.6 is 0 Å². The quantitative estimate of drug-likeness (QED) is 0.854. The fourth-order valence-corrected chi connectivity index (χ4v) is 3.03. The van der Waals surface area contributed by atoms with E-state index in [4.69, 9.17) is 14.3 Å². The fraction of sp³-hybridized carbons (Fsp3) is 0.529. The second-order valence-electron chi connectivity index (χ2n) is 5.79. The minimum absolute atomic E-state index is 0.0327. The van der Waals surface area contributed by atoms with Crippen LogP contribution in [-0.2, 0) is 9.63 Å². The molecule has 0 spiro atoms. The van der Waals surface area contributed by atoms with Crippen molar-refractivity contribution >= 4 is 11.6 Å². The summed E-state index contributed by atoms with van der Waals surface area (Å²) in [5.74, 6) is 1.44. The predicted octanol–water partition coefficient (Wildman–Crippen LogP) is 2.21. The average Bonchev–Trinajstić information content (AvgIpc) is 3.11. The Hall–Kier alpha value is -2.24. The SMILES string of the molecule is COc1ccc(OC)c(C2=NOC(C(=O)N3CCCCC3)C2)c1. The highest BCUT2D eigenvalue weighted by Crippen LogP contribution is 2.29. The molecule has 1 amide bonds. The number of benzene rings is 1. The maximum Gasteiger partial charge on any atom is 0.266 e. The van der Waals surface area contributed by atoms with Gasteiger partial charge in [-0.3, -0.25) is 4.79 Å². The molecule has 1 saturated heterocycles. The van der Waals surface area contributed by atoms with Crippen molar-refractivity contribution in [2.24, 2.45) is 5.16 Å². The standard InChI is InChI=1S/C17H22N2O4/c1-21-12-6-7-15(22-2)13(10-12)14-11-16(23-18-14)17(20)19-8-4-3-5-9-19/h6-7,10,16H,3-5,8-9,11H2,1-2H3. The predicted molar refractivity (Wildman–Crippen MR) is 86.0 cm³/mol. The monoisotopic (exact) mass is 318 g/mol. The van der Waals surface area contributed by atoms with Gasteiger partial charge in [-0.2, -0.15) is 0 Å².